The molecule has 0 aliphatic heterocycles. The minimum atomic E-state index is -0.392. The zero-order valence-corrected chi connectivity index (χ0v) is 16.1. The summed E-state index contributed by atoms with van der Waals surface area (Å²) >= 11 is 13.5. The molecule has 0 bridgehead atoms. The lowest BCUT2D eigenvalue weighted by molar-refractivity contribution is 0.0997. The first-order valence-electron chi connectivity index (χ1n) is 7.62. The number of fused-ring (bicyclic) bond motifs is 1. The number of aryl methyl sites for hydroxylation is 1. The van der Waals surface area contributed by atoms with E-state index in [2.05, 4.69) is 11.1 Å². The lowest BCUT2D eigenvalue weighted by atomic mass is 10.2. The van der Waals surface area contributed by atoms with Crippen molar-refractivity contribution in [2.24, 2.45) is 4.99 Å². The van der Waals surface area contributed by atoms with Crippen molar-refractivity contribution in [1.29, 1.82) is 0 Å². The van der Waals surface area contributed by atoms with Crippen LogP contribution < -0.4 is 4.80 Å². The van der Waals surface area contributed by atoms with E-state index in [0.717, 1.165) is 15.8 Å². The van der Waals surface area contributed by atoms with E-state index < -0.39 is 5.91 Å². The van der Waals surface area contributed by atoms with Crippen molar-refractivity contribution in [2.45, 2.75) is 13.5 Å². The van der Waals surface area contributed by atoms with Gasteiger partial charge in [0, 0.05) is 18.7 Å². The molecule has 0 fully saturated rings. The molecular formula is C18H16Cl2N2O2S. The summed E-state index contributed by atoms with van der Waals surface area (Å²) in [4.78, 5) is 17.5. The molecule has 0 saturated heterocycles. The maximum Gasteiger partial charge on any atom is 0.281 e. The first-order chi connectivity index (χ1) is 12.0. The molecule has 1 heterocycles. The minimum Gasteiger partial charge on any atom is -0.383 e. The van der Waals surface area contributed by atoms with E-state index in [1.165, 1.54) is 11.3 Å². The predicted molar refractivity (Wildman–Crippen MR) is 103 cm³/mol. The Bertz CT molecular complexity index is 1010. The van der Waals surface area contributed by atoms with E-state index >= 15 is 0 Å². The fourth-order valence-electron chi connectivity index (χ4n) is 2.47. The number of hydrogen-bond donors (Lipinski definition) is 0. The van der Waals surface area contributed by atoms with Gasteiger partial charge < -0.3 is 9.30 Å². The van der Waals surface area contributed by atoms with Crippen LogP contribution in [0.3, 0.4) is 0 Å². The molecule has 3 aromatic rings. The van der Waals surface area contributed by atoms with Crippen molar-refractivity contribution >= 4 is 50.7 Å². The first kappa shape index (κ1) is 18.1. The van der Waals surface area contributed by atoms with Gasteiger partial charge in [-0.2, -0.15) is 4.99 Å². The number of ether oxygens (including phenoxy) is 1. The van der Waals surface area contributed by atoms with Crippen LogP contribution in [0.15, 0.2) is 41.4 Å². The molecule has 3 rings (SSSR count). The van der Waals surface area contributed by atoms with Crippen molar-refractivity contribution < 1.29 is 9.53 Å². The quantitative estimate of drug-likeness (QED) is 0.643. The van der Waals surface area contributed by atoms with Gasteiger partial charge in [-0.1, -0.05) is 40.6 Å². The summed E-state index contributed by atoms with van der Waals surface area (Å²) in [6.07, 6.45) is 0. The fraction of sp³-hybridized carbons (Fsp3) is 0.222. The SMILES string of the molecule is COCCn1c(=NC(=O)c2ccc(Cl)cc2Cl)sc2cc(C)ccc21. The summed E-state index contributed by atoms with van der Waals surface area (Å²) < 4.78 is 8.25. The number of carbonyl (C=O) groups is 1. The Balaban J connectivity index is 2.12. The summed E-state index contributed by atoms with van der Waals surface area (Å²) in [5.74, 6) is -0.392. The van der Waals surface area contributed by atoms with Gasteiger partial charge in [-0.15, -0.1) is 0 Å². The Labute approximate surface area is 159 Å². The molecule has 0 N–H and O–H groups in total. The lowest BCUT2D eigenvalue weighted by Gasteiger charge is -2.04. The van der Waals surface area contributed by atoms with Gasteiger partial charge in [0.1, 0.15) is 0 Å². The molecule has 130 valence electrons. The topological polar surface area (TPSA) is 43.6 Å². The average molecular weight is 395 g/mol. The maximum atomic E-state index is 12.6. The summed E-state index contributed by atoms with van der Waals surface area (Å²) in [5, 5.41) is 0.774. The molecule has 1 aromatic heterocycles. The fourth-order valence-corrected chi connectivity index (χ4v) is 4.12. The number of halogens is 2. The molecule has 0 radical (unpaired) electrons. The predicted octanol–water partition coefficient (Wildman–Crippen LogP) is 4.71. The largest absolute Gasteiger partial charge is 0.383 e. The molecule has 0 aliphatic rings. The second-order valence-electron chi connectivity index (χ2n) is 5.54. The Morgan fingerprint density at radius 1 is 1.24 bits per heavy atom. The number of thiazole rings is 1. The Morgan fingerprint density at radius 3 is 2.76 bits per heavy atom. The highest BCUT2D eigenvalue weighted by molar-refractivity contribution is 7.16. The van der Waals surface area contributed by atoms with Crippen molar-refractivity contribution in [1.82, 2.24) is 4.57 Å². The first-order valence-corrected chi connectivity index (χ1v) is 9.20. The van der Waals surface area contributed by atoms with Gasteiger partial charge >= 0.3 is 0 Å². The minimum absolute atomic E-state index is 0.293. The number of nitrogens with zero attached hydrogens (tertiary/aromatic N) is 2. The van der Waals surface area contributed by atoms with E-state index in [1.807, 2.05) is 23.6 Å². The number of hydrogen-bond acceptors (Lipinski definition) is 3. The Kier molecular flexibility index (Phi) is 5.59. The van der Waals surface area contributed by atoms with Gasteiger partial charge in [0.25, 0.3) is 5.91 Å². The van der Waals surface area contributed by atoms with Crippen LogP contribution in [0.5, 0.6) is 0 Å². The van der Waals surface area contributed by atoms with Crippen molar-refractivity contribution in [3.05, 3.63) is 62.4 Å². The summed E-state index contributed by atoms with van der Waals surface area (Å²) in [6.45, 7) is 3.18. The monoisotopic (exact) mass is 394 g/mol. The van der Waals surface area contributed by atoms with Crippen LogP contribution in [0, 0.1) is 6.92 Å². The van der Waals surface area contributed by atoms with E-state index in [4.69, 9.17) is 27.9 Å². The number of aromatic nitrogens is 1. The van der Waals surface area contributed by atoms with Crippen LogP contribution in [0.25, 0.3) is 10.2 Å². The number of methoxy groups -OCH3 is 1. The number of amides is 1. The van der Waals surface area contributed by atoms with Gasteiger partial charge in [-0.3, -0.25) is 4.79 Å². The summed E-state index contributed by atoms with van der Waals surface area (Å²) in [6, 6.07) is 10.9. The zero-order valence-electron chi connectivity index (χ0n) is 13.8. The number of carbonyl (C=O) groups excluding carboxylic acids is 1. The van der Waals surface area contributed by atoms with Crippen molar-refractivity contribution in [3.8, 4) is 0 Å². The van der Waals surface area contributed by atoms with Crippen LogP contribution in [0.4, 0.5) is 0 Å². The molecule has 0 spiro atoms. The van der Waals surface area contributed by atoms with Crippen LogP contribution >= 0.6 is 34.5 Å². The van der Waals surface area contributed by atoms with Gasteiger partial charge in [-0.05, 0) is 42.8 Å². The zero-order chi connectivity index (χ0) is 18.0. The highest BCUT2D eigenvalue weighted by atomic mass is 35.5. The molecule has 0 saturated carbocycles. The third-order valence-electron chi connectivity index (χ3n) is 3.72. The highest BCUT2D eigenvalue weighted by Crippen LogP contribution is 2.22. The molecular weight excluding hydrogens is 379 g/mol. The Hall–Kier alpha value is -1.66. The van der Waals surface area contributed by atoms with E-state index in [9.17, 15) is 4.79 Å². The maximum absolute atomic E-state index is 12.6. The molecule has 4 nitrogen and oxygen atoms in total. The van der Waals surface area contributed by atoms with Crippen LogP contribution in [0.1, 0.15) is 15.9 Å². The van der Waals surface area contributed by atoms with Crippen LogP contribution in [-0.4, -0.2) is 24.2 Å². The number of benzene rings is 2. The average Bonchev–Trinajstić information content (AvgIpc) is 2.88. The molecule has 1 amide bonds. The van der Waals surface area contributed by atoms with Gasteiger partial charge in [0.05, 0.1) is 27.4 Å². The van der Waals surface area contributed by atoms with Crippen molar-refractivity contribution in [2.75, 3.05) is 13.7 Å². The Morgan fingerprint density at radius 2 is 2.04 bits per heavy atom. The second-order valence-corrected chi connectivity index (χ2v) is 7.39. The van der Waals surface area contributed by atoms with Gasteiger partial charge in [0.15, 0.2) is 4.80 Å². The second kappa shape index (κ2) is 7.70. The van der Waals surface area contributed by atoms with E-state index in [1.54, 1.807) is 25.3 Å². The molecule has 2 aromatic carbocycles. The third kappa shape index (κ3) is 3.96. The van der Waals surface area contributed by atoms with E-state index in [0.29, 0.717) is 33.6 Å². The number of rotatable bonds is 4. The standard InChI is InChI=1S/C18H16Cl2N2O2S/c1-11-3-6-15-16(9-11)25-18(22(15)7-8-24-2)21-17(23)13-5-4-12(19)10-14(13)20/h3-6,9-10H,7-8H2,1-2H3. The van der Waals surface area contributed by atoms with Gasteiger partial charge in [-0.25, -0.2) is 0 Å². The van der Waals surface area contributed by atoms with Gasteiger partial charge in [0.2, 0.25) is 0 Å². The third-order valence-corrected chi connectivity index (χ3v) is 5.30. The molecule has 7 heteroatoms. The smallest absolute Gasteiger partial charge is 0.281 e. The highest BCUT2D eigenvalue weighted by Gasteiger charge is 2.12. The van der Waals surface area contributed by atoms with E-state index in [-0.39, 0.29) is 0 Å². The summed E-state index contributed by atoms with van der Waals surface area (Å²) in [7, 11) is 1.65. The normalized spacial score (nSPS) is 12.1. The van der Waals surface area contributed by atoms with Crippen LogP contribution in [-0.2, 0) is 11.3 Å². The molecule has 25 heavy (non-hydrogen) atoms. The summed E-state index contributed by atoms with van der Waals surface area (Å²) in [5.41, 5.74) is 2.52. The van der Waals surface area contributed by atoms with Crippen LogP contribution in [0.2, 0.25) is 10.0 Å². The molecule has 0 aliphatic carbocycles. The molecule has 0 unspecified atom stereocenters. The van der Waals surface area contributed by atoms with Crippen molar-refractivity contribution in [3.63, 3.8) is 0 Å². The molecule has 0 atom stereocenters. The lowest BCUT2D eigenvalue weighted by Crippen LogP contribution is -2.19.